The fraction of sp³-hybridized carbons (Fsp3) is 0.583. The minimum absolute atomic E-state index is 0.0532. The maximum atomic E-state index is 13.8. The lowest BCUT2D eigenvalue weighted by molar-refractivity contribution is 0.300. The minimum atomic E-state index is -0.696. The Morgan fingerprint density at radius 1 is 1.44 bits per heavy atom. The highest BCUT2D eigenvalue weighted by molar-refractivity contribution is 5.50. The van der Waals surface area contributed by atoms with Crippen LogP contribution in [0.3, 0.4) is 0 Å². The molecule has 2 rings (SSSR count). The van der Waals surface area contributed by atoms with Crippen molar-refractivity contribution in [2.45, 2.75) is 25.8 Å². The van der Waals surface area contributed by atoms with Crippen molar-refractivity contribution in [3.05, 3.63) is 17.7 Å². The minimum Gasteiger partial charge on any atom is -0.395 e. The molecule has 0 aromatic carbocycles. The van der Waals surface area contributed by atoms with Crippen LogP contribution in [-0.4, -0.2) is 35.8 Å². The van der Waals surface area contributed by atoms with Crippen LogP contribution in [0.4, 0.5) is 20.4 Å². The van der Waals surface area contributed by atoms with E-state index < -0.39 is 11.6 Å². The molecule has 0 atom stereocenters. The molecule has 0 aliphatic heterocycles. The second kappa shape index (κ2) is 5.48. The summed E-state index contributed by atoms with van der Waals surface area (Å²) in [6, 6.07) is 1.05. The SMILES string of the molecule is CCNc1nc(N(CCO)C2CC2)c(F)cc1F. The molecular weight excluding hydrogens is 240 g/mol. The smallest absolute Gasteiger partial charge is 0.168 e. The Morgan fingerprint density at radius 3 is 2.72 bits per heavy atom. The van der Waals surface area contributed by atoms with Crippen molar-refractivity contribution in [1.29, 1.82) is 0 Å². The molecule has 1 aliphatic carbocycles. The maximum absolute atomic E-state index is 13.8. The van der Waals surface area contributed by atoms with Crippen LogP contribution in [0.15, 0.2) is 6.07 Å². The van der Waals surface area contributed by atoms with E-state index in [0.29, 0.717) is 13.1 Å². The molecule has 0 amide bonds. The van der Waals surface area contributed by atoms with E-state index >= 15 is 0 Å². The number of halogens is 2. The van der Waals surface area contributed by atoms with Gasteiger partial charge in [0.15, 0.2) is 23.3 Å². The summed E-state index contributed by atoms with van der Waals surface area (Å²) in [6.07, 6.45) is 1.91. The Balaban J connectivity index is 2.31. The fourth-order valence-corrected chi connectivity index (χ4v) is 1.91. The van der Waals surface area contributed by atoms with Crippen LogP contribution in [0, 0.1) is 11.6 Å². The van der Waals surface area contributed by atoms with E-state index in [4.69, 9.17) is 5.11 Å². The van der Waals surface area contributed by atoms with Crippen LogP contribution in [0.1, 0.15) is 19.8 Å². The number of aromatic nitrogens is 1. The molecule has 1 aromatic rings. The van der Waals surface area contributed by atoms with Gasteiger partial charge in [-0.15, -0.1) is 0 Å². The van der Waals surface area contributed by atoms with Crippen molar-refractivity contribution < 1.29 is 13.9 Å². The van der Waals surface area contributed by atoms with Crippen molar-refractivity contribution in [3.63, 3.8) is 0 Å². The molecule has 1 fully saturated rings. The molecule has 4 nitrogen and oxygen atoms in total. The predicted octanol–water partition coefficient (Wildman–Crippen LogP) is 1.75. The van der Waals surface area contributed by atoms with Crippen LogP contribution in [-0.2, 0) is 0 Å². The van der Waals surface area contributed by atoms with Gasteiger partial charge in [0.05, 0.1) is 6.61 Å². The van der Waals surface area contributed by atoms with Gasteiger partial charge in [-0.1, -0.05) is 0 Å². The molecule has 0 radical (unpaired) electrons. The van der Waals surface area contributed by atoms with Crippen molar-refractivity contribution in [2.75, 3.05) is 29.9 Å². The zero-order chi connectivity index (χ0) is 13.1. The molecule has 0 unspecified atom stereocenters. The van der Waals surface area contributed by atoms with Crippen LogP contribution in [0.25, 0.3) is 0 Å². The Morgan fingerprint density at radius 2 is 2.17 bits per heavy atom. The number of nitrogens with one attached hydrogen (secondary N) is 1. The molecule has 6 heteroatoms. The van der Waals surface area contributed by atoms with E-state index in [1.165, 1.54) is 0 Å². The summed E-state index contributed by atoms with van der Waals surface area (Å²) in [7, 11) is 0. The summed E-state index contributed by atoms with van der Waals surface area (Å²) in [5.41, 5.74) is 0. The van der Waals surface area contributed by atoms with Crippen LogP contribution >= 0.6 is 0 Å². The summed E-state index contributed by atoms with van der Waals surface area (Å²) >= 11 is 0. The van der Waals surface area contributed by atoms with Gasteiger partial charge in [0.25, 0.3) is 0 Å². The standard InChI is InChI=1S/C12H17F2N3O/c1-2-15-11-9(13)7-10(14)12(16-11)17(5-6-18)8-3-4-8/h7-8,18H,2-6H2,1H3,(H,15,16). The summed E-state index contributed by atoms with van der Waals surface area (Å²) in [5.74, 6) is -1.21. The first-order chi connectivity index (χ1) is 8.67. The zero-order valence-electron chi connectivity index (χ0n) is 10.3. The van der Waals surface area contributed by atoms with Crippen molar-refractivity contribution in [3.8, 4) is 0 Å². The van der Waals surface area contributed by atoms with Gasteiger partial charge in [-0.05, 0) is 19.8 Å². The largest absolute Gasteiger partial charge is 0.395 e. The number of anilines is 2. The second-order valence-corrected chi connectivity index (χ2v) is 4.30. The molecule has 0 spiro atoms. The highest BCUT2D eigenvalue weighted by atomic mass is 19.1. The highest BCUT2D eigenvalue weighted by Gasteiger charge is 2.31. The van der Waals surface area contributed by atoms with Gasteiger partial charge in [0.1, 0.15) is 0 Å². The molecule has 0 bridgehead atoms. The lowest BCUT2D eigenvalue weighted by atomic mass is 10.3. The van der Waals surface area contributed by atoms with Gasteiger partial charge in [-0.3, -0.25) is 0 Å². The molecule has 2 N–H and O–H groups in total. The fourth-order valence-electron chi connectivity index (χ4n) is 1.91. The van der Waals surface area contributed by atoms with Gasteiger partial charge in [-0.25, -0.2) is 13.8 Å². The van der Waals surface area contributed by atoms with Gasteiger partial charge in [0, 0.05) is 25.2 Å². The molecule has 100 valence electrons. The van der Waals surface area contributed by atoms with Crippen LogP contribution in [0.5, 0.6) is 0 Å². The van der Waals surface area contributed by atoms with E-state index in [1.807, 2.05) is 6.92 Å². The first kappa shape index (κ1) is 13.0. The average molecular weight is 257 g/mol. The maximum Gasteiger partial charge on any atom is 0.168 e. The molecule has 0 saturated heterocycles. The van der Waals surface area contributed by atoms with Crippen molar-refractivity contribution in [2.24, 2.45) is 0 Å². The topological polar surface area (TPSA) is 48.4 Å². The lowest BCUT2D eigenvalue weighted by Crippen LogP contribution is -2.31. The monoisotopic (exact) mass is 257 g/mol. The Bertz CT molecular complexity index is 424. The molecule has 1 aromatic heterocycles. The average Bonchev–Trinajstić information content (AvgIpc) is 3.14. The summed E-state index contributed by atoms with van der Waals surface area (Å²) < 4.78 is 27.2. The number of rotatable bonds is 6. The van der Waals surface area contributed by atoms with Gasteiger partial charge in [-0.2, -0.15) is 0 Å². The molecule has 18 heavy (non-hydrogen) atoms. The quantitative estimate of drug-likeness (QED) is 0.815. The van der Waals surface area contributed by atoms with E-state index in [0.717, 1.165) is 18.9 Å². The number of nitrogens with zero attached hydrogens (tertiary/aromatic N) is 2. The summed E-state index contributed by atoms with van der Waals surface area (Å²) in [5, 5.41) is 11.8. The first-order valence-electron chi connectivity index (χ1n) is 6.14. The third-order valence-corrected chi connectivity index (χ3v) is 2.86. The Labute approximate surface area is 105 Å². The van der Waals surface area contributed by atoms with E-state index in [1.54, 1.807) is 4.90 Å². The predicted molar refractivity (Wildman–Crippen MR) is 65.8 cm³/mol. The van der Waals surface area contributed by atoms with Gasteiger partial charge < -0.3 is 15.3 Å². The number of aliphatic hydroxyl groups is 1. The van der Waals surface area contributed by atoms with E-state index in [-0.39, 0.29) is 24.3 Å². The Kier molecular flexibility index (Phi) is 3.96. The highest BCUT2D eigenvalue weighted by Crippen LogP contribution is 2.32. The molecular formula is C12H17F2N3O. The Hall–Kier alpha value is -1.43. The van der Waals surface area contributed by atoms with E-state index in [2.05, 4.69) is 10.3 Å². The third kappa shape index (κ3) is 2.69. The lowest BCUT2D eigenvalue weighted by Gasteiger charge is -2.23. The van der Waals surface area contributed by atoms with Crippen LogP contribution < -0.4 is 10.2 Å². The molecule has 1 saturated carbocycles. The van der Waals surface area contributed by atoms with Crippen molar-refractivity contribution in [1.82, 2.24) is 4.98 Å². The number of hydrogen-bond donors (Lipinski definition) is 2. The molecule has 1 heterocycles. The normalized spacial score (nSPS) is 14.7. The number of pyridine rings is 1. The molecule has 1 aliphatic rings. The third-order valence-electron chi connectivity index (χ3n) is 2.86. The second-order valence-electron chi connectivity index (χ2n) is 4.30. The van der Waals surface area contributed by atoms with Crippen molar-refractivity contribution >= 4 is 11.6 Å². The first-order valence-corrected chi connectivity index (χ1v) is 6.14. The summed E-state index contributed by atoms with van der Waals surface area (Å²) in [4.78, 5) is 5.70. The zero-order valence-corrected chi connectivity index (χ0v) is 10.3. The van der Waals surface area contributed by atoms with E-state index in [9.17, 15) is 8.78 Å². The summed E-state index contributed by atoms with van der Waals surface area (Å²) in [6.45, 7) is 2.56. The van der Waals surface area contributed by atoms with Gasteiger partial charge in [0.2, 0.25) is 0 Å². The number of hydrogen-bond acceptors (Lipinski definition) is 4. The van der Waals surface area contributed by atoms with Gasteiger partial charge >= 0.3 is 0 Å². The number of aliphatic hydroxyl groups excluding tert-OH is 1. The van der Waals surface area contributed by atoms with Crippen LogP contribution in [0.2, 0.25) is 0 Å².